The number of hydrogen-bond acceptors (Lipinski definition) is 0. The third-order valence-corrected chi connectivity index (χ3v) is 8.76. The van der Waals surface area contributed by atoms with E-state index in [9.17, 15) is 0 Å². The van der Waals surface area contributed by atoms with Gasteiger partial charge in [-0.2, -0.15) is 0 Å². The van der Waals surface area contributed by atoms with Gasteiger partial charge in [0, 0.05) is 0 Å². The molecule has 0 bridgehead atoms. The molecule has 0 nitrogen and oxygen atoms in total. The molecule has 2 atom stereocenters. The molecule has 0 radical (unpaired) electrons. The van der Waals surface area contributed by atoms with Crippen LogP contribution in [-0.2, 0) is 0 Å². The van der Waals surface area contributed by atoms with Gasteiger partial charge in [-0.3, -0.25) is 0 Å². The van der Waals surface area contributed by atoms with Crippen LogP contribution in [0.5, 0.6) is 0 Å². The van der Waals surface area contributed by atoms with Crippen molar-refractivity contribution >= 4 is 19.2 Å². The fourth-order valence-corrected chi connectivity index (χ4v) is 6.80. The van der Waals surface area contributed by atoms with Gasteiger partial charge in [0.15, 0.2) is 0 Å². The Morgan fingerprint density at radius 1 is 0.536 bits per heavy atom. The molecule has 0 aliphatic rings. The van der Waals surface area contributed by atoms with Crippen LogP contribution in [0.4, 0.5) is 0 Å². The van der Waals surface area contributed by atoms with Gasteiger partial charge in [0.2, 0.25) is 0 Å². The molecule has 2 unspecified atom stereocenters. The summed E-state index contributed by atoms with van der Waals surface area (Å²) in [6.07, 6.45) is 28.2. The van der Waals surface area contributed by atoms with E-state index in [1.165, 1.54) is 128 Å². The van der Waals surface area contributed by atoms with Crippen LogP contribution in [0.15, 0.2) is 0 Å². The molecule has 0 aliphatic carbocycles. The molecule has 0 amide bonds. The number of hydrogen-bond donors (Lipinski definition) is 0. The second kappa shape index (κ2) is 21.0. The standard InChI is InChI=1S/C26H54ClP/c1-5-9-13-14-15-16-17-18-19-20-21-25(28-27)26(22-10-6-2,23-11-7-3)24-12-8-4/h25,28H,5-24H2,1-4H3. The SMILES string of the molecule is CCCCCCCCCCCCC(PCl)C(CCCC)(CCCC)CCCC. The molecule has 0 saturated carbocycles. The van der Waals surface area contributed by atoms with Gasteiger partial charge in [0.1, 0.15) is 0 Å². The summed E-state index contributed by atoms with van der Waals surface area (Å²) in [7, 11) is 0.618. The van der Waals surface area contributed by atoms with E-state index in [0.717, 1.165) is 5.66 Å². The normalized spacial score (nSPS) is 13.6. The van der Waals surface area contributed by atoms with Gasteiger partial charge in [-0.15, -0.1) is 0 Å². The van der Waals surface area contributed by atoms with Gasteiger partial charge in [-0.1, -0.05) is 142 Å². The predicted molar refractivity (Wildman–Crippen MR) is 135 cm³/mol. The van der Waals surface area contributed by atoms with E-state index in [-0.39, 0.29) is 0 Å². The summed E-state index contributed by atoms with van der Waals surface area (Å²) in [6, 6.07) is 0. The molecular weight excluding hydrogens is 379 g/mol. The molecule has 0 fully saturated rings. The number of rotatable bonds is 22. The Morgan fingerprint density at radius 2 is 0.893 bits per heavy atom. The van der Waals surface area contributed by atoms with Crippen molar-refractivity contribution < 1.29 is 0 Å². The Kier molecular flexibility index (Phi) is 21.5. The lowest BCUT2D eigenvalue weighted by Gasteiger charge is -2.41. The fourth-order valence-electron chi connectivity index (χ4n) is 4.80. The van der Waals surface area contributed by atoms with Crippen LogP contribution in [0.3, 0.4) is 0 Å². The first-order chi connectivity index (χ1) is 13.7. The van der Waals surface area contributed by atoms with Crippen molar-refractivity contribution in [3.8, 4) is 0 Å². The Bertz CT molecular complexity index is 283. The third-order valence-electron chi connectivity index (χ3n) is 6.80. The quantitative estimate of drug-likeness (QED) is 0.118. The Hall–Kier alpha value is 0.720. The van der Waals surface area contributed by atoms with Crippen molar-refractivity contribution in [2.45, 2.75) is 162 Å². The molecule has 0 aromatic carbocycles. The van der Waals surface area contributed by atoms with Crippen LogP contribution in [0, 0.1) is 5.41 Å². The Morgan fingerprint density at radius 3 is 1.25 bits per heavy atom. The largest absolute Gasteiger partial charge is 0.0998 e. The lowest BCUT2D eigenvalue weighted by molar-refractivity contribution is 0.184. The maximum atomic E-state index is 6.64. The minimum absolute atomic E-state index is 0.543. The molecule has 0 heterocycles. The van der Waals surface area contributed by atoms with E-state index in [1.54, 1.807) is 0 Å². The van der Waals surface area contributed by atoms with Gasteiger partial charge in [-0.25, -0.2) is 0 Å². The fraction of sp³-hybridized carbons (Fsp3) is 1.00. The van der Waals surface area contributed by atoms with Crippen molar-refractivity contribution in [3.05, 3.63) is 0 Å². The average molecular weight is 433 g/mol. The van der Waals surface area contributed by atoms with E-state index in [1.807, 2.05) is 0 Å². The summed E-state index contributed by atoms with van der Waals surface area (Å²) in [5.74, 6) is 0. The van der Waals surface area contributed by atoms with Crippen molar-refractivity contribution in [1.29, 1.82) is 0 Å². The predicted octanol–water partition coefficient (Wildman–Crippen LogP) is 11.1. The minimum atomic E-state index is 0.543. The molecule has 0 rings (SSSR count). The third kappa shape index (κ3) is 13.9. The van der Waals surface area contributed by atoms with Gasteiger partial charge in [-0.05, 0) is 44.7 Å². The highest BCUT2D eigenvalue weighted by Gasteiger charge is 2.36. The topological polar surface area (TPSA) is 0 Å². The van der Waals surface area contributed by atoms with E-state index in [0.29, 0.717) is 13.3 Å². The number of unbranched alkanes of at least 4 members (excludes halogenated alkanes) is 12. The van der Waals surface area contributed by atoms with Crippen LogP contribution in [0.25, 0.3) is 0 Å². The summed E-state index contributed by atoms with van der Waals surface area (Å²) in [4.78, 5) is 0. The van der Waals surface area contributed by atoms with E-state index < -0.39 is 0 Å². The molecule has 0 aromatic heterocycles. The second-order valence-electron chi connectivity index (χ2n) is 9.31. The molecule has 0 aromatic rings. The second-order valence-corrected chi connectivity index (χ2v) is 10.9. The highest BCUT2D eigenvalue weighted by molar-refractivity contribution is 7.69. The summed E-state index contributed by atoms with van der Waals surface area (Å²) in [6.45, 7) is 9.36. The van der Waals surface area contributed by atoms with Gasteiger partial charge < -0.3 is 0 Å². The molecule has 0 N–H and O–H groups in total. The van der Waals surface area contributed by atoms with Crippen molar-refractivity contribution in [2.24, 2.45) is 5.41 Å². The van der Waals surface area contributed by atoms with Crippen LogP contribution in [0.2, 0.25) is 0 Å². The average Bonchev–Trinajstić information content (AvgIpc) is 2.72. The van der Waals surface area contributed by atoms with Crippen molar-refractivity contribution in [2.75, 3.05) is 0 Å². The first-order valence-corrected chi connectivity index (χ1v) is 15.2. The Labute approximate surface area is 186 Å². The first-order valence-electron chi connectivity index (χ1n) is 13.1. The molecule has 0 saturated heterocycles. The Balaban J connectivity index is 4.38. The lowest BCUT2D eigenvalue weighted by Crippen LogP contribution is -2.32. The van der Waals surface area contributed by atoms with Crippen molar-refractivity contribution in [1.82, 2.24) is 0 Å². The maximum absolute atomic E-state index is 6.64. The summed E-state index contributed by atoms with van der Waals surface area (Å²) in [5, 5.41) is 0. The maximum Gasteiger partial charge on any atom is -0.00413 e. The smallest absolute Gasteiger partial charge is 0.00413 e. The monoisotopic (exact) mass is 432 g/mol. The summed E-state index contributed by atoms with van der Waals surface area (Å²) >= 11 is 6.64. The van der Waals surface area contributed by atoms with Gasteiger partial charge >= 0.3 is 0 Å². The van der Waals surface area contributed by atoms with E-state index in [2.05, 4.69) is 27.7 Å². The van der Waals surface area contributed by atoms with Crippen LogP contribution >= 0.6 is 19.2 Å². The van der Waals surface area contributed by atoms with E-state index >= 15 is 0 Å². The highest BCUT2D eigenvalue weighted by atomic mass is 35.7. The van der Waals surface area contributed by atoms with E-state index in [4.69, 9.17) is 11.2 Å². The zero-order valence-electron chi connectivity index (χ0n) is 20.1. The zero-order valence-corrected chi connectivity index (χ0v) is 21.9. The summed E-state index contributed by atoms with van der Waals surface area (Å²) in [5.41, 5.74) is 1.31. The molecule has 28 heavy (non-hydrogen) atoms. The highest BCUT2D eigenvalue weighted by Crippen LogP contribution is 2.50. The lowest BCUT2D eigenvalue weighted by atomic mass is 9.70. The molecule has 0 spiro atoms. The molecular formula is C26H54ClP. The molecule has 170 valence electrons. The molecule has 0 aliphatic heterocycles. The molecule has 2 heteroatoms. The van der Waals surface area contributed by atoms with Gasteiger partial charge in [0.05, 0.1) is 0 Å². The zero-order chi connectivity index (χ0) is 20.9. The van der Waals surface area contributed by atoms with Gasteiger partial charge in [0.25, 0.3) is 0 Å². The van der Waals surface area contributed by atoms with Crippen molar-refractivity contribution in [3.63, 3.8) is 0 Å². The summed E-state index contributed by atoms with van der Waals surface area (Å²) < 4.78 is 0. The number of halogens is 1. The minimum Gasteiger partial charge on any atom is -0.0998 e. The van der Waals surface area contributed by atoms with Crippen LogP contribution < -0.4 is 0 Å². The first kappa shape index (κ1) is 28.7. The van der Waals surface area contributed by atoms with Crippen LogP contribution in [-0.4, -0.2) is 5.66 Å². The van der Waals surface area contributed by atoms with Crippen LogP contribution in [0.1, 0.15) is 156 Å².